The Balaban J connectivity index is 1.37. The lowest BCUT2D eigenvalue weighted by molar-refractivity contribution is 0.768. The minimum Gasteiger partial charge on any atom is -0.0881 e. The summed E-state index contributed by atoms with van der Waals surface area (Å²) >= 11 is 1.92. The molecule has 0 unspecified atom stereocenters. The van der Waals surface area contributed by atoms with Gasteiger partial charge in [-0.2, -0.15) is 0 Å². The molecule has 2 aliphatic rings. The maximum Gasteiger partial charge on any atom is 0.0713 e. The molecule has 196 valence electrons. The third-order valence-corrected chi connectivity index (χ3v) is 10.4. The molecule has 0 bridgehead atoms. The molecule has 9 rings (SSSR count). The summed E-state index contributed by atoms with van der Waals surface area (Å²) in [4.78, 5) is 2.67. The fourth-order valence-corrected chi connectivity index (χ4v) is 8.79. The number of rotatable bonds is 3. The Hall–Kier alpha value is -4.85. The highest BCUT2D eigenvalue weighted by Crippen LogP contribution is 2.59. The molecular weight excluding hydrogens is 525 g/mol. The van der Waals surface area contributed by atoms with E-state index in [-0.39, 0.29) is 0 Å². The average molecular weight is 551 g/mol. The Kier molecular flexibility index (Phi) is 5.15. The smallest absolute Gasteiger partial charge is 0.0713 e. The number of hydrogen-bond donors (Lipinski definition) is 0. The van der Waals surface area contributed by atoms with Gasteiger partial charge in [-0.3, -0.25) is 0 Å². The van der Waals surface area contributed by atoms with Crippen LogP contribution in [0.1, 0.15) is 22.3 Å². The molecule has 1 heterocycles. The second-order valence-corrected chi connectivity index (χ2v) is 12.3. The van der Waals surface area contributed by atoms with Gasteiger partial charge in [0.15, 0.2) is 0 Å². The van der Waals surface area contributed by atoms with E-state index in [4.69, 9.17) is 0 Å². The molecule has 42 heavy (non-hydrogen) atoms. The van der Waals surface area contributed by atoms with Crippen LogP contribution in [0.5, 0.6) is 0 Å². The van der Waals surface area contributed by atoms with Gasteiger partial charge < -0.3 is 0 Å². The topological polar surface area (TPSA) is 0 Å². The summed E-state index contributed by atoms with van der Waals surface area (Å²) in [5.74, 6) is 0. The van der Waals surface area contributed by atoms with E-state index in [9.17, 15) is 0 Å². The van der Waals surface area contributed by atoms with Crippen LogP contribution in [0.3, 0.4) is 0 Å². The van der Waals surface area contributed by atoms with Crippen LogP contribution >= 0.6 is 11.8 Å². The van der Waals surface area contributed by atoms with E-state index in [1.54, 1.807) is 0 Å². The first kappa shape index (κ1) is 23.8. The summed E-state index contributed by atoms with van der Waals surface area (Å²) in [7, 11) is 0. The molecule has 1 aliphatic carbocycles. The fraction of sp³-hybridized carbons (Fsp3) is 0.0244. The lowest BCUT2D eigenvalue weighted by Gasteiger charge is -2.34. The molecule has 0 N–H and O–H groups in total. The van der Waals surface area contributed by atoms with Crippen LogP contribution in [0.25, 0.3) is 44.2 Å². The predicted molar refractivity (Wildman–Crippen MR) is 176 cm³/mol. The van der Waals surface area contributed by atoms with E-state index in [1.807, 2.05) is 11.8 Å². The Morgan fingerprint density at radius 1 is 0.381 bits per heavy atom. The second kappa shape index (κ2) is 9.08. The third-order valence-electron chi connectivity index (χ3n) is 9.16. The fourth-order valence-electron chi connectivity index (χ4n) is 7.51. The minimum absolute atomic E-state index is 0.398. The van der Waals surface area contributed by atoms with Crippen molar-refractivity contribution < 1.29 is 0 Å². The highest BCUT2D eigenvalue weighted by Gasteiger charge is 2.46. The monoisotopic (exact) mass is 550 g/mol. The molecule has 0 fully saturated rings. The Labute approximate surface area is 250 Å². The summed E-state index contributed by atoms with van der Waals surface area (Å²) in [6.07, 6.45) is 0. The largest absolute Gasteiger partial charge is 0.0881 e. The van der Waals surface area contributed by atoms with Crippen LogP contribution in [0.15, 0.2) is 168 Å². The molecule has 0 saturated heterocycles. The number of fused-ring (bicyclic) bond motifs is 5. The van der Waals surface area contributed by atoms with Crippen molar-refractivity contribution in [3.8, 4) is 33.4 Å². The van der Waals surface area contributed by atoms with Crippen molar-refractivity contribution in [2.24, 2.45) is 0 Å². The van der Waals surface area contributed by atoms with Crippen molar-refractivity contribution in [1.82, 2.24) is 0 Å². The maximum absolute atomic E-state index is 2.36. The van der Waals surface area contributed by atoms with E-state index in [1.165, 1.54) is 76.2 Å². The van der Waals surface area contributed by atoms with Crippen molar-refractivity contribution in [1.29, 1.82) is 0 Å². The molecular formula is C41H26S. The van der Waals surface area contributed by atoms with Gasteiger partial charge in [-0.1, -0.05) is 163 Å². The summed E-state index contributed by atoms with van der Waals surface area (Å²) in [6.45, 7) is 0. The molecule has 7 aromatic carbocycles. The van der Waals surface area contributed by atoms with Crippen LogP contribution in [0, 0.1) is 0 Å². The Morgan fingerprint density at radius 2 is 0.905 bits per heavy atom. The summed E-state index contributed by atoms with van der Waals surface area (Å²) < 4.78 is 0. The van der Waals surface area contributed by atoms with E-state index in [0.717, 1.165) is 0 Å². The Bertz CT molecular complexity index is 2110. The molecule has 0 nitrogen and oxygen atoms in total. The lowest BCUT2D eigenvalue weighted by Crippen LogP contribution is -2.28. The summed E-state index contributed by atoms with van der Waals surface area (Å²) in [5.41, 5.74) is 12.8. The van der Waals surface area contributed by atoms with Gasteiger partial charge in [-0.05, 0) is 67.1 Å². The molecule has 7 aromatic rings. The van der Waals surface area contributed by atoms with E-state index >= 15 is 0 Å². The van der Waals surface area contributed by atoms with Gasteiger partial charge in [0.25, 0.3) is 0 Å². The van der Waals surface area contributed by atoms with Crippen LogP contribution in [-0.4, -0.2) is 0 Å². The van der Waals surface area contributed by atoms with Crippen LogP contribution in [-0.2, 0) is 5.41 Å². The average Bonchev–Trinajstić information content (AvgIpc) is 3.37. The molecule has 1 aliphatic heterocycles. The van der Waals surface area contributed by atoms with Crippen LogP contribution in [0.2, 0.25) is 0 Å². The summed E-state index contributed by atoms with van der Waals surface area (Å²) in [5, 5.41) is 2.67. The quantitative estimate of drug-likeness (QED) is 0.211. The van der Waals surface area contributed by atoms with Crippen molar-refractivity contribution in [3.05, 3.63) is 180 Å². The first-order valence-electron chi connectivity index (χ1n) is 14.5. The van der Waals surface area contributed by atoms with Crippen molar-refractivity contribution >= 4 is 22.5 Å². The number of benzene rings is 7. The maximum atomic E-state index is 2.36. The van der Waals surface area contributed by atoms with Gasteiger partial charge in [-0.25, -0.2) is 0 Å². The van der Waals surface area contributed by atoms with Crippen LogP contribution in [0.4, 0.5) is 0 Å². The molecule has 0 amide bonds. The molecule has 1 heteroatoms. The van der Waals surface area contributed by atoms with Crippen LogP contribution < -0.4 is 0 Å². The predicted octanol–water partition coefficient (Wildman–Crippen LogP) is 11.0. The van der Waals surface area contributed by atoms with E-state index in [2.05, 4.69) is 158 Å². The highest BCUT2D eigenvalue weighted by atomic mass is 32.2. The van der Waals surface area contributed by atoms with E-state index < -0.39 is 5.41 Å². The minimum atomic E-state index is -0.398. The van der Waals surface area contributed by atoms with Crippen molar-refractivity contribution in [3.63, 3.8) is 0 Å². The zero-order valence-electron chi connectivity index (χ0n) is 22.9. The normalized spacial score (nSPS) is 13.8. The first-order chi connectivity index (χ1) is 20.9. The van der Waals surface area contributed by atoms with Crippen molar-refractivity contribution in [2.45, 2.75) is 15.2 Å². The van der Waals surface area contributed by atoms with Gasteiger partial charge >= 0.3 is 0 Å². The molecule has 0 spiro atoms. The first-order valence-corrected chi connectivity index (χ1v) is 15.3. The van der Waals surface area contributed by atoms with E-state index in [0.29, 0.717) is 0 Å². The molecule has 0 saturated carbocycles. The van der Waals surface area contributed by atoms with Gasteiger partial charge in [-0.15, -0.1) is 0 Å². The molecule has 0 aromatic heterocycles. The second-order valence-electron chi connectivity index (χ2n) is 11.2. The zero-order chi connectivity index (χ0) is 27.7. The molecule has 0 radical (unpaired) electrons. The SMILES string of the molecule is c1ccc(C2(c3ccccc3)c3ccccc3-c3c(-c4cccc5c4Sc4cccc6cccc-5c46)cccc32)cc1. The van der Waals surface area contributed by atoms with Gasteiger partial charge in [0.1, 0.15) is 0 Å². The standard InChI is InChI=1S/C41H26S/c1-3-15-28(16-4-1)41(29-17-5-2-6-18-29)35-24-8-7-19-34(35)39-31(21-12-25-36(39)41)33-23-11-22-32-30-20-9-13-27-14-10-26-37(38(27)30)42-40(32)33/h1-26H. The zero-order valence-corrected chi connectivity index (χ0v) is 23.7. The number of hydrogen-bond acceptors (Lipinski definition) is 1. The highest BCUT2D eigenvalue weighted by molar-refractivity contribution is 8.00. The van der Waals surface area contributed by atoms with Gasteiger partial charge in [0.2, 0.25) is 0 Å². The third kappa shape index (κ3) is 3.15. The van der Waals surface area contributed by atoms with Gasteiger partial charge in [0, 0.05) is 15.2 Å². The lowest BCUT2D eigenvalue weighted by atomic mass is 9.67. The molecule has 0 atom stereocenters. The summed E-state index contributed by atoms with van der Waals surface area (Å²) in [6, 6.07) is 58.4. The Morgan fingerprint density at radius 3 is 1.67 bits per heavy atom. The van der Waals surface area contributed by atoms with Crippen molar-refractivity contribution in [2.75, 3.05) is 0 Å². The van der Waals surface area contributed by atoms with Gasteiger partial charge in [0.05, 0.1) is 5.41 Å².